The van der Waals surface area contributed by atoms with Crippen LogP contribution in [0.1, 0.15) is 31.4 Å². The standard InChI is InChI=1S/C20H27N5/c1-15-13-19(24-20(23-15)18-3-2-8-22-14-18)25-11-6-17(7-12-25)16-4-9-21-10-5-16/h2-3,8,13-14,16-17,21H,4-7,9-12H2,1H3. The lowest BCUT2D eigenvalue weighted by molar-refractivity contribution is 0.221. The fraction of sp³-hybridized carbons (Fsp3) is 0.550. The molecule has 0 spiro atoms. The van der Waals surface area contributed by atoms with E-state index in [0.29, 0.717) is 0 Å². The van der Waals surface area contributed by atoms with Gasteiger partial charge in [-0.25, -0.2) is 9.97 Å². The van der Waals surface area contributed by atoms with Gasteiger partial charge in [0.25, 0.3) is 0 Å². The smallest absolute Gasteiger partial charge is 0.163 e. The number of nitrogens with zero attached hydrogens (tertiary/aromatic N) is 4. The van der Waals surface area contributed by atoms with Crippen LogP contribution in [0.2, 0.25) is 0 Å². The molecule has 2 aromatic heterocycles. The average molecular weight is 337 g/mol. The van der Waals surface area contributed by atoms with Gasteiger partial charge in [0.15, 0.2) is 5.82 Å². The van der Waals surface area contributed by atoms with Crippen molar-refractivity contribution in [2.24, 2.45) is 11.8 Å². The highest BCUT2D eigenvalue weighted by Gasteiger charge is 2.28. The number of aryl methyl sites for hydroxylation is 1. The van der Waals surface area contributed by atoms with Crippen molar-refractivity contribution in [2.45, 2.75) is 32.6 Å². The Kier molecular flexibility index (Phi) is 4.92. The predicted octanol–water partition coefficient (Wildman–Crippen LogP) is 3.06. The molecule has 2 saturated heterocycles. The summed E-state index contributed by atoms with van der Waals surface area (Å²) in [7, 11) is 0. The van der Waals surface area contributed by atoms with Gasteiger partial charge < -0.3 is 10.2 Å². The minimum Gasteiger partial charge on any atom is -0.356 e. The highest BCUT2D eigenvalue weighted by Crippen LogP contribution is 2.32. The molecular formula is C20H27N5. The normalized spacial score (nSPS) is 20.0. The largest absolute Gasteiger partial charge is 0.356 e. The van der Waals surface area contributed by atoms with Crippen molar-refractivity contribution in [3.05, 3.63) is 36.3 Å². The highest BCUT2D eigenvalue weighted by atomic mass is 15.2. The number of hydrogen-bond donors (Lipinski definition) is 1. The van der Waals surface area contributed by atoms with Gasteiger partial charge in [0.2, 0.25) is 0 Å². The Morgan fingerprint density at radius 3 is 2.52 bits per heavy atom. The van der Waals surface area contributed by atoms with Crippen LogP contribution in [-0.2, 0) is 0 Å². The highest BCUT2D eigenvalue weighted by molar-refractivity contribution is 5.56. The number of pyridine rings is 1. The van der Waals surface area contributed by atoms with Crippen LogP contribution >= 0.6 is 0 Å². The third kappa shape index (κ3) is 3.82. The molecule has 25 heavy (non-hydrogen) atoms. The molecule has 4 rings (SSSR count). The molecule has 2 aliphatic rings. The quantitative estimate of drug-likeness (QED) is 0.933. The van der Waals surface area contributed by atoms with E-state index in [1.54, 1.807) is 6.20 Å². The van der Waals surface area contributed by atoms with Crippen LogP contribution in [-0.4, -0.2) is 41.1 Å². The topological polar surface area (TPSA) is 53.9 Å². The number of nitrogens with one attached hydrogen (secondary N) is 1. The molecule has 4 heterocycles. The second-order valence-electron chi connectivity index (χ2n) is 7.34. The van der Waals surface area contributed by atoms with Crippen molar-refractivity contribution >= 4 is 5.82 Å². The van der Waals surface area contributed by atoms with Crippen molar-refractivity contribution in [3.8, 4) is 11.4 Å². The summed E-state index contributed by atoms with van der Waals surface area (Å²) in [6.45, 7) is 6.66. The Morgan fingerprint density at radius 2 is 1.80 bits per heavy atom. The molecule has 0 aliphatic carbocycles. The molecule has 0 atom stereocenters. The Bertz CT molecular complexity index is 688. The van der Waals surface area contributed by atoms with Gasteiger partial charge in [-0.3, -0.25) is 4.98 Å². The maximum absolute atomic E-state index is 4.83. The summed E-state index contributed by atoms with van der Waals surface area (Å²) in [5, 5.41) is 3.48. The third-order valence-electron chi connectivity index (χ3n) is 5.67. The summed E-state index contributed by atoms with van der Waals surface area (Å²) >= 11 is 0. The van der Waals surface area contributed by atoms with Gasteiger partial charge in [-0.05, 0) is 69.7 Å². The van der Waals surface area contributed by atoms with E-state index in [1.165, 1.54) is 38.8 Å². The van der Waals surface area contributed by atoms with Crippen molar-refractivity contribution in [3.63, 3.8) is 0 Å². The molecule has 5 heteroatoms. The van der Waals surface area contributed by atoms with Gasteiger partial charge in [-0.1, -0.05) is 0 Å². The van der Waals surface area contributed by atoms with Crippen LogP contribution in [0.4, 0.5) is 5.82 Å². The van der Waals surface area contributed by atoms with Crippen LogP contribution in [0.5, 0.6) is 0 Å². The molecular weight excluding hydrogens is 310 g/mol. The Hall–Kier alpha value is -2.01. The molecule has 2 aromatic rings. The Labute approximate surface area is 149 Å². The summed E-state index contributed by atoms with van der Waals surface area (Å²) in [5.41, 5.74) is 2.00. The van der Waals surface area contributed by atoms with Gasteiger partial charge in [-0.15, -0.1) is 0 Å². The van der Waals surface area contributed by atoms with Gasteiger partial charge >= 0.3 is 0 Å². The molecule has 132 valence electrons. The van der Waals surface area contributed by atoms with E-state index in [9.17, 15) is 0 Å². The molecule has 0 saturated carbocycles. The first-order chi connectivity index (χ1) is 12.3. The fourth-order valence-corrected chi connectivity index (χ4v) is 4.25. The maximum Gasteiger partial charge on any atom is 0.163 e. The average Bonchev–Trinajstić information content (AvgIpc) is 2.69. The minimum atomic E-state index is 0.781. The maximum atomic E-state index is 4.83. The van der Waals surface area contributed by atoms with Crippen molar-refractivity contribution in [2.75, 3.05) is 31.1 Å². The molecule has 2 aliphatic heterocycles. The van der Waals surface area contributed by atoms with Gasteiger partial charge in [0.05, 0.1) is 0 Å². The molecule has 5 nitrogen and oxygen atoms in total. The summed E-state index contributed by atoms with van der Waals surface area (Å²) in [5.74, 6) is 3.65. The lowest BCUT2D eigenvalue weighted by Gasteiger charge is -2.38. The second kappa shape index (κ2) is 7.48. The predicted molar refractivity (Wildman–Crippen MR) is 101 cm³/mol. The molecule has 0 bridgehead atoms. The lowest BCUT2D eigenvalue weighted by atomic mass is 9.79. The molecule has 0 amide bonds. The number of aromatic nitrogens is 3. The summed E-state index contributed by atoms with van der Waals surface area (Å²) in [4.78, 5) is 16.1. The van der Waals surface area contributed by atoms with Crippen LogP contribution in [0.3, 0.4) is 0 Å². The van der Waals surface area contributed by atoms with E-state index in [4.69, 9.17) is 4.98 Å². The summed E-state index contributed by atoms with van der Waals surface area (Å²) in [6.07, 6.45) is 8.89. The fourth-order valence-electron chi connectivity index (χ4n) is 4.25. The Balaban J connectivity index is 1.47. The lowest BCUT2D eigenvalue weighted by Crippen LogP contribution is -2.39. The molecule has 0 aromatic carbocycles. The first-order valence-corrected chi connectivity index (χ1v) is 9.51. The molecule has 1 N–H and O–H groups in total. The second-order valence-corrected chi connectivity index (χ2v) is 7.34. The number of piperidine rings is 2. The monoisotopic (exact) mass is 337 g/mol. The van der Waals surface area contributed by atoms with E-state index in [-0.39, 0.29) is 0 Å². The first-order valence-electron chi connectivity index (χ1n) is 9.51. The number of hydrogen-bond acceptors (Lipinski definition) is 5. The van der Waals surface area contributed by atoms with Gasteiger partial charge in [0, 0.05) is 42.8 Å². The van der Waals surface area contributed by atoms with E-state index < -0.39 is 0 Å². The Morgan fingerprint density at radius 1 is 1.04 bits per heavy atom. The van der Waals surface area contributed by atoms with Crippen LogP contribution in [0, 0.1) is 18.8 Å². The molecule has 0 radical (unpaired) electrons. The van der Waals surface area contributed by atoms with Crippen molar-refractivity contribution in [1.82, 2.24) is 20.3 Å². The van der Waals surface area contributed by atoms with Crippen molar-refractivity contribution in [1.29, 1.82) is 0 Å². The molecule has 0 unspecified atom stereocenters. The van der Waals surface area contributed by atoms with Gasteiger partial charge in [0.1, 0.15) is 5.82 Å². The minimum absolute atomic E-state index is 0.781. The summed E-state index contributed by atoms with van der Waals surface area (Å²) < 4.78 is 0. The van der Waals surface area contributed by atoms with Crippen molar-refractivity contribution < 1.29 is 0 Å². The van der Waals surface area contributed by atoms with Crippen LogP contribution in [0.15, 0.2) is 30.6 Å². The zero-order chi connectivity index (χ0) is 17.1. The van der Waals surface area contributed by atoms with E-state index in [1.807, 2.05) is 25.3 Å². The zero-order valence-electron chi connectivity index (χ0n) is 15.0. The van der Waals surface area contributed by atoms with E-state index >= 15 is 0 Å². The van der Waals surface area contributed by atoms with E-state index in [2.05, 4.69) is 26.3 Å². The third-order valence-corrected chi connectivity index (χ3v) is 5.67. The van der Waals surface area contributed by atoms with Crippen LogP contribution < -0.4 is 10.2 Å². The van der Waals surface area contributed by atoms with E-state index in [0.717, 1.165) is 47.8 Å². The first kappa shape index (κ1) is 16.5. The number of rotatable bonds is 3. The van der Waals surface area contributed by atoms with Gasteiger partial charge in [-0.2, -0.15) is 0 Å². The number of anilines is 1. The summed E-state index contributed by atoms with van der Waals surface area (Å²) in [6, 6.07) is 6.07. The molecule has 2 fully saturated rings. The zero-order valence-corrected chi connectivity index (χ0v) is 15.0. The van der Waals surface area contributed by atoms with Crippen LogP contribution in [0.25, 0.3) is 11.4 Å². The SMILES string of the molecule is Cc1cc(N2CCC(C3CCNCC3)CC2)nc(-c2cccnc2)n1.